The Morgan fingerprint density at radius 3 is 2.61 bits per heavy atom. The zero-order chi connectivity index (χ0) is 13.6. The number of nitrogens with one attached hydrogen (secondary N) is 1. The van der Waals surface area contributed by atoms with Crippen molar-refractivity contribution in [2.75, 3.05) is 6.61 Å². The van der Waals surface area contributed by atoms with Crippen molar-refractivity contribution in [2.45, 2.75) is 19.2 Å². The average molecular weight is 262 g/mol. The van der Waals surface area contributed by atoms with Crippen molar-refractivity contribution in [3.05, 3.63) is 35.4 Å². The molecule has 1 amide bonds. The Hall–Kier alpha value is -1.60. The first-order valence-electron chi connectivity index (χ1n) is 5.17. The van der Waals surface area contributed by atoms with E-state index in [9.17, 15) is 18.0 Å². The molecule has 3 N–H and O–H groups in total. The second-order valence-corrected chi connectivity index (χ2v) is 3.55. The van der Waals surface area contributed by atoms with Gasteiger partial charge >= 0.3 is 6.18 Å². The van der Waals surface area contributed by atoms with Crippen molar-refractivity contribution in [1.29, 1.82) is 0 Å². The smallest absolute Gasteiger partial charge is 0.376 e. The van der Waals surface area contributed by atoms with E-state index in [-0.39, 0.29) is 12.2 Å². The van der Waals surface area contributed by atoms with E-state index in [1.807, 2.05) is 5.43 Å². The molecule has 0 aliphatic heterocycles. The number of hydrogen-bond donors (Lipinski definition) is 2. The van der Waals surface area contributed by atoms with E-state index in [2.05, 4.69) is 0 Å². The van der Waals surface area contributed by atoms with Crippen LogP contribution in [0.25, 0.3) is 0 Å². The molecule has 0 atom stereocenters. The van der Waals surface area contributed by atoms with Gasteiger partial charge in [-0.1, -0.05) is 18.2 Å². The van der Waals surface area contributed by atoms with Crippen LogP contribution in [0.2, 0.25) is 0 Å². The van der Waals surface area contributed by atoms with Crippen LogP contribution < -0.4 is 11.3 Å². The van der Waals surface area contributed by atoms with Gasteiger partial charge in [-0.3, -0.25) is 10.2 Å². The maximum atomic E-state index is 11.9. The van der Waals surface area contributed by atoms with Gasteiger partial charge in [0.15, 0.2) is 0 Å². The molecule has 1 rings (SSSR count). The average Bonchev–Trinajstić information content (AvgIpc) is 2.33. The molecule has 0 saturated heterocycles. The molecule has 0 aliphatic carbocycles. The van der Waals surface area contributed by atoms with Gasteiger partial charge in [0.2, 0.25) is 0 Å². The minimum Gasteiger partial charge on any atom is -0.376 e. The molecule has 7 heteroatoms. The van der Waals surface area contributed by atoms with E-state index in [1.54, 1.807) is 18.2 Å². The molecule has 0 aliphatic rings. The number of nitrogen functional groups attached to an aromatic ring is 1. The first kappa shape index (κ1) is 14.5. The summed E-state index contributed by atoms with van der Waals surface area (Å²) < 4.78 is 40.5. The molecule has 0 bridgehead atoms. The summed E-state index contributed by atoms with van der Waals surface area (Å²) in [6.07, 6.45) is -5.26. The van der Waals surface area contributed by atoms with Gasteiger partial charge in [0, 0.05) is 5.56 Å². The minimum atomic E-state index is -4.24. The molecule has 0 unspecified atom stereocenters. The standard InChI is InChI=1S/C11H13F3N2O2/c12-11(13,14)5-6-18-7-8-3-1-2-4-9(8)10(17)16-15/h1-4H,5-7,15H2,(H,16,17). The number of rotatable bonds is 5. The van der Waals surface area contributed by atoms with Crippen LogP contribution in [0.1, 0.15) is 22.3 Å². The molecule has 1 aromatic carbocycles. The van der Waals surface area contributed by atoms with Crippen LogP contribution in [-0.2, 0) is 11.3 Å². The van der Waals surface area contributed by atoms with E-state index in [0.717, 1.165) is 0 Å². The lowest BCUT2D eigenvalue weighted by molar-refractivity contribution is -0.146. The summed E-state index contributed by atoms with van der Waals surface area (Å²) in [5, 5.41) is 0. The number of hydrazine groups is 1. The SMILES string of the molecule is NNC(=O)c1ccccc1COCCC(F)(F)F. The van der Waals surface area contributed by atoms with E-state index in [1.165, 1.54) is 6.07 Å². The van der Waals surface area contributed by atoms with Gasteiger partial charge in [0.05, 0.1) is 19.6 Å². The molecular formula is C11H13F3N2O2. The number of alkyl halides is 3. The fraction of sp³-hybridized carbons (Fsp3) is 0.364. The monoisotopic (exact) mass is 262 g/mol. The molecule has 0 radical (unpaired) electrons. The highest BCUT2D eigenvalue weighted by Gasteiger charge is 2.26. The lowest BCUT2D eigenvalue weighted by Gasteiger charge is -2.10. The third-order valence-corrected chi connectivity index (χ3v) is 2.18. The molecular weight excluding hydrogens is 249 g/mol. The Morgan fingerprint density at radius 1 is 1.33 bits per heavy atom. The topological polar surface area (TPSA) is 64.3 Å². The predicted octanol–water partition coefficient (Wildman–Crippen LogP) is 1.76. The normalized spacial score (nSPS) is 11.3. The lowest BCUT2D eigenvalue weighted by atomic mass is 10.1. The van der Waals surface area contributed by atoms with Crippen LogP contribution in [0.15, 0.2) is 24.3 Å². The predicted molar refractivity (Wildman–Crippen MR) is 58.4 cm³/mol. The van der Waals surface area contributed by atoms with E-state index >= 15 is 0 Å². The van der Waals surface area contributed by atoms with Crippen LogP contribution in [0.4, 0.5) is 13.2 Å². The first-order valence-corrected chi connectivity index (χ1v) is 5.17. The molecule has 0 saturated carbocycles. The second-order valence-electron chi connectivity index (χ2n) is 3.55. The summed E-state index contributed by atoms with van der Waals surface area (Å²) in [6, 6.07) is 6.41. The largest absolute Gasteiger partial charge is 0.391 e. The van der Waals surface area contributed by atoms with Gasteiger partial charge in [-0.25, -0.2) is 5.84 Å². The Labute approximate surface area is 102 Å². The van der Waals surface area contributed by atoms with Gasteiger partial charge in [0.25, 0.3) is 5.91 Å². The van der Waals surface area contributed by atoms with Gasteiger partial charge < -0.3 is 4.74 Å². The Kier molecular flexibility index (Phi) is 5.11. The van der Waals surface area contributed by atoms with Crippen molar-refractivity contribution in [3.8, 4) is 0 Å². The van der Waals surface area contributed by atoms with Crippen LogP contribution >= 0.6 is 0 Å². The molecule has 0 spiro atoms. The van der Waals surface area contributed by atoms with Crippen molar-refractivity contribution in [1.82, 2.24) is 5.43 Å². The van der Waals surface area contributed by atoms with Crippen LogP contribution in [0.5, 0.6) is 0 Å². The maximum absolute atomic E-state index is 11.9. The highest BCUT2D eigenvalue weighted by Crippen LogP contribution is 2.19. The summed E-state index contributed by atoms with van der Waals surface area (Å²) in [6.45, 7) is -0.512. The van der Waals surface area contributed by atoms with Crippen LogP contribution in [0, 0.1) is 0 Å². The van der Waals surface area contributed by atoms with Crippen molar-refractivity contribution in [3.63, 3.8) is 0 Å². The van der Waals surface area contributed by atoms with E-state index < -0.39 is 25.1 Å². The number of carbonyl (C=O) groups excluding carboxylic acids is 1. The number of carbonyl (C=O) groups is 1. The molecule has 1 aromatic rings. The molecule has 0 aromatic heterocycles. The third kappa shape index (κ3) is 4.72. The van der Waals surface area contributed by atoms with Gasteiger partial charge in [-0.2, -0.15) is 13.2 Å². The summed E-state index contributed by atoms with van der Waals surface area (Å²) in [7, 11) is 0. The zero-order valence-electron chi connectivity index (χ0n) is 9.46. The summed E-state index contributed by atoms with van der Waals surface area (Å²) in [5.41, 5.74) is 2.73. The van der Waals surface area contributed by atoms with Crippen molar-refractivity contribution < 1.29 is 22.7 Å². The van der Waals surface area contributed by atoms with Gasteiger partial charge in [-0.05, 0) is 11.6 Å². The number of nitrogens with two attached hydrogens (primary N) is 1. The fourth-order valence-electron chi connectivity index (χ4n) is 1.32. The number of hydrogen-bond acceptors (Lipinski definition) is 3. The van der Waals surface area contributed by atoms with E-state index in [4.69, 9.17) is 10.6 Å². The number of halogens is 3. The van der Waals surface area contributed by atoms with Crippen LogP contribution in [-0.4, -0.2) is 18.7 Å². The summed E-state index contributed by atoms with van der Waals surface area (Å²) in [4.78, 5) is 11.4. The molecule has 18 heavy (non-hydrogen) atoms. The van der Waals surface area contributed by atoms with Crippen molar-refractivity contribution >= 4 is 5.91 Å². The fourth-order valence-corrected chi connectivity index (χ4v) is 1.32. The Morgan fingerprint density at radius 2 is 2.00 bits per heavy atom. The summed E-state index contributed by atoms with van der Waals surface area (Å²) >= 11 is 0. The highest BCUT2D eigenvalue weighted by molar-refractivity contribution is 5.95. The minimum absolute atomic E-state index is 0.0698. The molecule has 0 fully saturated rings. The van der Waals surface area contributed by atoms with Crippen LogP contribution in [0.3, 0.4) is 0 Å². The Bertz CT molecular complexity index is 408. The zero-order valence-corrected chi connectivity index (χ0v) is 9.46. The molecule has 100 valence electrons. The second kappa shape index (κ2) is 6.36. The van der Waals surface area contributed by atoms with Gasteiger partial charge in [0.1, 0.15) is 0 Å². The number of ether oxygens (including phenoxy) is 1. The Balaban J connectivity index is 2.54. The molecule has 4 nitrogen and oxygen atoms in total. The lowest BCUT2D eigenvalue weighted by Crippen LogP contribution is -2.30. The number of amides is 1. The first-order chi connectivity index (χ1) is 8.44. The van der Waals surface area contributed by atoms with Crippen molar-refractivity contribution in [2.24, 2.45) is 5.84 Å². The quantitative estimate of drug-likeness (QED) is 0.368. The number of benzene rings is 1. The maximum Gasteiger partial charge on any atom is 0.391 e. The third-order valence-electron chi connectivity index (χ3n) is 2.18. The molecule has 0 heterocycles. The highest BCUT2D eigenvalue weighted by atomic mass is 19.4. The van der Waals surface area contributed by atoms with E-state index in [0.29, 0.717) is 5.56 Å². The summed E-state index contributed by atoms with van der Waals surface area (Å²) in [5.74, 6) is 4.49. The van der Waals surface area contributed by atoms with Gasteiger partial charge in [-0.15, -0.1) is 0 Å².